The molecular formula is C14H26N2O2. The molecule has 0 aromatic heterocycles. The Morgan fingerprint density at radius 2 is 2.11 bits per heavy atom. The Balaban J connectivity index is 1.59. The minimum Gasteiger partial charge on any atom is -0.449 e. The molecule has 18 heavy (non-hydrogen) atoms. The molecule has 0 aromatic carbocycles. The highest BCUT2D eigenvalue weighted by Crippen LogP contribution is 2.17. The first-order valence-corrected chi connectivity index (χ1v) is 7.38. The number of hydrogen-bond donors (Lipinski definition) is 1. The number of ether oxygens (including phenoxy) is 1. The van der Waals surface area contributed by atoms with Crippen LogP contribution in [-0.4, -0.2) is 43.8 Å². The molecule has 0 saturated carbocycles. The van der Waals surface area contributed by atoms with Crippen LogP contribution in [0.2, 0.25) is 0 Å². The van der Waals surface area contributed by atoms with E-state index in [0.717, 1.165) is 51.4 Å². The fourth-order valence-corrected chi connectivity index (χ4v) is 2.77. The third-order valence-electron chi connectivity index (χ3n) is 4.19. The van der Waals surface area contributed by atoms with Gasteiger partial charge in [0.1, 0.15) is 0 Å². The quantitative estimate of drug-likeness (QED) is 0.840. The second kappa shape index (κ2) is 6.98. The van der Waals surface area contributed by atoms with E-state index in [0.29, 0.717) is 12.5 Å². The monoisotopic (exact) mass is 254 g/mol. The second-order valence-corrected chi connectivity index (χ2v) is 5.78. The van der Waals surface area contributed by atoms with Gasteiger partial charge < -0.3 is 15.0 Å². The summed E-state index contributed by atoms with van der Waals surface area (Å²) in [6.45, 7) is 6.78. The Bertz CT molecular complexity index is 257. The van der Waals surface area contributed by atoms with Crippen molar-refractivity contribution in [2.45, 2.75) is 39.0 Å². The lowest BCUT2D eigenvalue weighted by molar-refractivity contribution is 0.0833. The first-order valence-electron chi connectivity index (χ1n) is 7.38. The predicted octanol–water partition coefficient (Wildman–Crippen LogP) is 2.24. The Kier molecular flexibility index (Phi) is 5.29. The van der Waals surface area contributed by atoms with Crippen LogP contribution in [0.15, 0.2) is 0 Å². The maximum atomic E-state index is 11.8. The lowest BCUT2D eigenvalue weighted by atomic mass is 9.97. The van der Waals surface area contributed by atoms with Crippen LogP contribution >= 0.6 is 0 Å². The summed E-state index contributed by atoms with van der Waals surface area (Å²) in [6, 6.07) is 0. The van der Waals surface area contributed by atoms with Crippen molar-refractivity contribution < 1.29 is 9.53 Å². The molecule has 1 N–H and O–H groups in total. The van der Waals surface area contributed by atoms with Crippen LogP contribution < -0.4 is 5.32 Å². The number of nitrogens with one attached hydrogen (secondary N) is 1. The standard InChI is InChI=1S/C14H26N2O2/c1-12-4-8-16(9-5-12)14(17)18-10-6-13-3-2-7-15-11-13/h12-13,15H,2-11H2,1H3. The zero-order valence-corrected chi connectivity index (χ0v) is 11.5. The molecule has 0 bridgehead atoms. The molecule has 2 rings (SSSR count). The number of amides is 1. The van der Waals surface area contributed by atoms with Gasteiger partial charge >= 0.3 is 6.09 Å². The fourth-order valence-electron chi connectivity index (χ4n) is 2.77. The van der Waals surface area contributed by atoms with Crippen LogP contribution in [0.3, 0.4) is 0 Å². The molecule has 2 saturated heterocycles. The van der Waals surface area contributed by atoms with E-state index in [-0.39, 0.29) is 6.09 Å². The van der Waals surface area contributed by atoms with E-state index in [4.69, 9.17) is 4.74 Å². The minimum atomic E-state index is -0.106. The van der Waals surface area contributed by atoms with Crippen LogP contribution in [0.25, 0.3) is 0 Å². The van der Waals surface area contributed by atoms with Gasteiger partial charge in [-0.2, -0.15) is 0 Å². The smallest absolute Gasteiger partial charge is 0.409 e. The van der Waals surface area contributed by atoms with Crippen LogP contribution in [0.1, 0.15) is 39.0 Å². The van der Waals surface area contributed by atoms with Crippen molar-refractivity contribution in [3.05, 3.63) is 0 Å². The largest absolute Gasteiger partial charge is 0.449 e. The lowest BCUT2D eigenvalue weighted by Gasteiger charge is -2.29. The molecule has 4 nitrogen and oxygen atoms in total. The van der Waals surface area contributed by atoms with Crippen molar-refractivity contribution in [3.63, 3.8) is 0 Å². The van der Waals surface area contributed by atoms with Crippen molar-refractivity contribution in [1.82, 2.24) is 10.2 Å². The first-order chi connectivity index (χ1) is 8.75. The summed E-state index contributed by atoms with van der Waals surface area (Å²) in [5, 5.41) is 3.39. The van der Waals surface area contributed by atoms with Gasteiger partial charge in [0.15, 0.2) is 0 Å². The molecule has 0 aliphatic carbocycles. The number of hydrogen-bond acceptors (Lipinski definition) is 3. The van der Waals surface area contributed by atoms with Gasteiger partial charge in [0.25, 0.3) is 0 Å². The van der Waals surface area contributed by atoms with Crippen molar-refractivity contribution in [2.24, 2.45) is 11.8 Å². The molecular weight excluding hydrogens is 228 g/mol. The maximum absolute atomic E-state index is 11.8. The van der Waals surface area contributed by atoms with E-state index in [9.17, 15) is 4.79 Å². The van der Waals surface area contributed by atoms with Gasteiger partial charge in [-0.15, -0.1) is 0 Å². The highest BCUT2D eigenvalue weighted by molar-refractivity contribution is 5.67. The molecule has 2 aliphatic heterocycles. The average Bonchev–Trinajstić information content (AvgIpc) is 2.40. The number of piperidine rings is 2. The highest BCUT2D eigenvalue weighted by Gasteiger charge is 2.21. The molecule has 2 aliphatic rings. The molecule has 0 spiro atoms. The Labute approximate surface area is 110 Å². The third-order valence-corrected chi connectivity index (χ3v) is 4.19. The van der Waals surface area contributed by atoms with Gasteiger partial charge in [0.05, 0.1) is 6.61 Å². The summed E-state index contributed by atoms with van der Waals surface area (Å²) in [6.07, 6.45) is 5.64. The Morgan fingerprint density at radius 1 is 1.33 bits per heavy atom. The molecule has 2 heterocycles. The SMILES string of the molecule is CC1CCN(C(=O)OCCC2CCCNC2)CC1. The number of carbonyl (C=O) groups is 1. The summed E-state index contributed by atoms with van der Waals surface area (Å²) in [5.74, 6) is 1.44. The van der Waals surface area contributed by atoms with Gasteiger partial charge in [0, 0.05) is 13.1 Å². The predicted molar refractivity (Wildman–Crippen MR) is 71.5 cm³/mol. The molecule has 4 heteroatoms. The van der Waals surface area contributed by atoms with Crippen LogP contribution in [-0.2, 0) is 4.74 Å². The highest BCUT2D eigenvalue weighted by atomic mass is 16.6. The molecule has 2 fully saturated rings. The van der Waals surface area contributed by atoms with E-state index >= 15 is 0 Å². The van der Waals surface area contributed by atoms with Crippen LogP contribution in [0.4, 0.5) is 4.79 Å². The van der Waals surface area contributed by atoms with Crippen molar-refractivity contribution in [1.29, 1.82) is 0 Å². The maximum Gasteiger partial charge on any atom is 0.409 e. The molecule has 104 valence electrons. The first kappa shape index (κ1) is 13.7. The topological polar surface area (TPSA) is 41.6 Å². The molecule has 1 unspecified atom stereocenters. The lowest BCUT2D eigenvalue weighted by Crippen LogP contribution is -2.38. The summed E-state index contributed by atoms with van der Waals surface area (Å²) in [7, 11) is 0. The van der Waals surface area contributed by atoms with Crippen molar-refractivity contribution >= 4 is 6.09 Å². The Hall–Kier alpha value is -0.770. The van der Waals surface area contributed by atoms with Gasteiger partial charge in [-0.05, 0) is 57.0 Å². The van der Waals surface area contributed by atoms with Gasteiger partial charge in [-0.25, -0.2) is 4.79 Å². The third kappa shape index (κ3) is 4.16. The molecule has 1 atom stereocenters. The zero-order chi connectivity index (χ0) is 12.8. The molecule has 0 radical (unpaired) electrons. The Morgan fingerprint density at radius 3 is 2.78 bits per heavy atom. The summed E-state index contributed by atoms with van der Waals surface area (Å²) >= 11 is 0. The van der Waals surface area contributed by atoms with Crippen molar-refractivity contribution in [2.75, 3.05) is 32.8 Å². The number of rotatable bonds is 3. The van der Waals surface area contributed by atoms with E-state index in [1.165, 1.54) is 12.8 Å². The number of carbonyl (C=O) groups excluding carboxylic acids is 1. The van der Waals surface area contributed by atoms with Gasteiger partial charge in [0.2, 0.25) is 0 Å². The molecule has 1 amide bonds. The van der Waals surface area contributed by atoms with Crippen LogP contribution in [0, 0.1) is 11.8 Å². The number of likely N-dealkylation sites (tertiary alicyclic amines) is 1. The summed E-state index contributed by atoms with van der Waals surface area (Å²) in [5.41, 5.74) is 0. The summed E-state index contributed by atoms with van der Waals surface area (Å²) in [4.78, 5) is 13.7. The number of nitrogens with zero attached hydrogens (tertiary/aromatic N) is 1. The van der Waals surface area contributed by atoms with Crippen molar-refractivity contribution in [3.8, 4) is 0 Å². The van der Waals surface area contributed by atoms with E-state index in [2.05, 4.69) is 12.2 Å². The average molecular weight is 254 g/mol. The summed E-state index contributed by atoms with van der Waals surface area (Å²) < 4.78 is 5.38. The second-order valence-electron chi connectivity index (χ2n) is 5.78. The van der Waals surface area contributed by atoms with Gasteiger partial charge in [-0.1, -0.05) is 6.92 Å². The minimum absolute atomic E-state index is 0.106. The van der Waals surface area contributed by atoms with E-state index in [1.807, 2.05) is 4.90 Å². The molecule has 0 aromatic rings. The van der Waals surface area contributed by atoms with Gasteiger partial charge in [-0.3, -0.25) is 0 Å². The normalized spacial score (nSPS) is 26.1. The van der Waals surface area contributed by atoms with E-state index in [1.54, 1.807) is 0 Å². The zero-order valence-electron chi connectivity index (χ0n) is 11.5. The van der Waals surface area contributed by atoms with Crippen LogP contribution in [0.5, 0.6) is 0 Å². The fraction of sp³-hybridized carbons (Fsp3) is 0.929. The van der Waals surface area contributed by atoms with E-state index < -0.39 is 0 Å².